The second-order valence-corrected chi connectivity index (χ2v) is 10.00. The van der Waals surface area contributed by atoms with Gasteiger partial charge in [0, 0.05) is 30.7 Å². The van der Waals surface area contributed by atoms with Gasteiger partial charge in [0.1, 0.15) is 5.75 Å². The van der Waals surface area contributed by atoms with Crippen LogP contribution in [0, 0.1) is 12.8 Å². The number of nitrogens with zero attached hydrogens (tertiary/aromatic N) is 2. The van der Waals surface area contributed by atoms with Gasteiger partial charge in [-0.3, -0.25) is 4.79 Å². The molecule has 2 saturated heterocycles. The molecule has 0 aromatic heterocycles. The van der Waals surface area contributed by atoms with Crippen molar-refractivity contribution < 1.29 is 17.9 Å². The molecule has 1 amide bonds. The number of halogens is 1. The normalized spacial score (nSPS) is 25.0. The van der Waals surface area contributed by atoms with E-state index in [4.69, 9.17) is 16.3 Å². The second-order valence-electron chi connectivity index (χ2n) is 7.58. The molecule has 0 saturated carbocycles. The van der Waals surface area contributed by atoms with E-state index in [0.717, 1.165) is 18.4 Å². The fourth-order valence-electron chi connectivity index (χ4n) is 4.16. The Bertz CT molecular complexity index is 814. The molecule has 0 bridgehead atoms. The minimum absolute atomic E-state index is 0.0353. The van der Waals surface area contributed by atoms with Crippen molar-refractivity contribution in [2.24, 2.45) is 5.92 Å². The molecule has 0 radical (unpaired) electrons. The number of aryl methyl sites for hydroxylation is 1. The Kier molecular flexibility index (Phi) is 6.03. The molecule has 0 N–H and O–H groups in total. The minimum atomic E-state index is -3.19. The molecule has 2 heterocycles. The van der Waals surface area contributed by atoms with Crippen LogP contribution in [0.2, 0.25) is 5.02 Å². The second kappa shape index (κ2) is 7.97. The van der Waals surface area contributed by atoms with Gasteiger partial charge in [-0.2, -0.15) is 0 Å². The zero-order valence-electron chi connectivity index (χ0n) is 16.0. The fourth-order valence-corrected chi connectivity index (χ4v) is 5.29. The standard InChI is InChI=1S/C19H27ClN2O4S/c1-13-11-16(20)6-7-18(13)26-14(2)19(23)22-9-4-5-15-12-21(27(3,24)25)10-8-17(15)22/h6-7,11,14-15,17H,4-5,8-10,12H2,1-3H3/t14?,15-,17+/m1/s1. The molecular weight excluding hydrogens is 388 g/mol. The maximum Gasteiger partial charge on any atom is 0.263 e. The molecule has 1 aromatic rings. The van der Waals surface area contributed by atoms with E-state index in [2.05, 4.69) is 0 Å². The average molecular weight is 415 g/mol. The van der Waals surface area contributed by atoms with E-state index >= 15 is 0 Å². The zero-order valence-corrected chi connectivity index (χ0v) is 17.6. The third-order valence-electron chi connectivity index (χ3n) is 5.57. The first-order chi connectivity index (χ1) is 12.7. The first-order valence-corrected chi connectivity index (χ1v) is 11.6. The van der Waals surface area contributed by atoms with Crippen LogP contribution in [0.5, 0.6) is 5.75 Å². The quantitative estimate of drug-likeness (QED) is 0.759. The van der Waals surface area contributed by atoms with Crippen molar-refractivity contribution in [2.75, 3.05) is 25.9 Å². The number of hydrogen-bond donors (Lipinski definition) is 0. The summed E-state index contributed by atoms with van der Waals surface area (Å²) in [6.07, 6.45) is 3.17. The van der Waals surface area contributed by atoms with Gasteiger partial charge in [0.2, 0.25) is 10.0 Å². The third-order valence-corrected chi connectivity index (χ3v) is 7.08. The molecule has 2 aliphatic heterocycles. The Morgan fingerprint density at radius 2 is 2.04 bits per heavy atom. The number of benzene rings is 1. The molecule has 0 spiro atoms. The van der Waals surface area contributed by atoms with Crippen LogP contribution >= 0.6 is 11.6 Å². The van der Waals surface area contributed by atoms with E-state index in [1.165, 1.54) is 6.26 Å². The molecule has 27 heavy (non-hydrogen) atoms. The highest BCUT2D eigenvalue weighted by Gasteiger charge is 2.41. The van der Waals surface area contributed by atoms with Crippen LogP contribution in [0.3, 0.4) is 0 Å². The van der Waals surface area contributed by atoms with Gasteiger partial charge in [0.05, 0.1) is 6.26 Å². The van der Waals surface area contributed by atoms with Gasteiger partial charge in [-0.1, -0.05) is 11.6 Å². The maximum atomic E-state index is 13.1. The summed E-state index contributed by atoms with van der Waals surface area (Å²) in [5, 5.41) is 0.635. The number of fused-ring (bicyclic) bond motifs is 1. The van der Waals surface area contributed by atoms with Gasteiger partial charge in [-0.25, -0.2) is 12.7 Å². The number of carbonyl (C=O) groups is 1. The molecule has 2 aliphatic rings. The number of ether oxygens (including phenoxy) is 1. The summed E-state index contributed by atoms with van der Waals surface area (Å²) in [6.45, 7) is 5.34. The van der Waals surface area contributed by atoms with Crippen LogP contribution in [0.15, 0.2) is 18.2 Å². The summed E-state index contributed by atoms with van der Waals surface area (Å²) >= 11 is 5.98. The third kappa shape index (κ3) is 4.58. The number of amides is 1. The first kappa shape index (κ1) is 20.4. The van der Waals surface area contributed by atoms with Crippen molar-refractivity contribution >= 4 is 27.5 Å². The highest BCUT2D eigenvalue weighted by atomic mass is 35.5. The molecule has 6 nitrogen and oxygen atoms in total. The van der Waals surface area contributed by atoms with Crippen molar-refractivity contribution in [3.8, 4) is 5.75 Å². The Hall–Kier alpha value is -1.31. The number of sulfonamides is 1. The van der Waals surface area contributed by atoms with Crippen molar-refractivity contribution in [3.63, 3.8) is 0 Å². The summed E-state index contributed by atoms with van der Waals surface area (Å²) < 4.78 is 31.2. The van der Waals surface area contributed by atoms with Gasteiger partial charge in [-0.15, -0.1) is 0 Å². The summed E-state index contributed by atoms with van der Waals surface area (Å²) in [7, 11) is -3.19. The van der Waals surface area contributed by atoms with Gasteiger partial charge in [0.15, 0.2) is 6.10 Å². The number of hydrogen-bond acceptors (Lipinski definition) is 4. The predicted octanol–water partition coefficient (Wildman–Crippen LogP) is 2.69. The van der Waals surface area contributed by atoms with Gasteiger partial charge in [-0.05, 0) is 62.8 Å². The fraction of sp³-hybridized carbons (Fsp3) is 0.632. The lowest BCUT2D eigenvalue weighted by Gasteiger charge is -2.47. The molecule has 1 aromatic carbocycles. The number of piperidine rings is 2. The van der Waals surface area contributed by atoms with Crippen LogP contribution in [0.25, 0.3) is 0 Å². The van der Waals surface area contributed by atoms with E-state index in [1.54, 1.807) is 23.4 Å². The Morgan fingerprint density at radius 3 is 2.70 bits per heavy atom. The number of likely N-dealkylation sites (tertiary alicyclic amines) is 1. The summed E-state index contributed by atoms with van der Waals surface area (Å²) in [5.41, 5.74) is 0.889. The molecule has 1 unspecified atom stereocenters. The first-order valence-electron chi connectivity index (χ1n) is 9.35. The molecule has 8 heteroatoms. The van der Waals surface area contributed by atoms with Gasteiger partial charge in [0.25, 0.3) is 5.91 Å². The van der Waals surface area contributed by atoms with Crippen LogP contribution < -0.4 is 4.74 Å². The van der Waals surface area contributed by atoms with E-state index < -0.39 is 16.1 Å². The number of rotatable bonds is 4. The zero-order chi connectivity index (χ0) is 19.8. The number of carbonyl (C=O) groups excluding carboxylic acids is 1. The molecule has 150 valence electrons. The molecule has 3 rings (SSSR count). The average Bonchev–Trinajstić information content (AvgIpc) is 2.61. The van der Waals surface area contributed by atoms with E-state index in [1.807, 2.05) is 17.9 Å². The largest absolute Gasteiger partial charge is 0.481 e. The van der Waals surface area contributed by atoms with Gasteiger partial charge >= 0.3 is 0 Å². The summed E-state index contributed by atoms with van der Waals surface area (Å²) in [5.74, 6) is 0.809. The van der Waals surface area contributed by atoms with Crippen LogP contribution in [0.1, 0.15) is 31.7 Å². The van der Waals surface area contributed by atoms with E-state index in [9.17, 15) is 13.2 Å². The maximum absolute atomic E-state index is 13.1. The van der Waals surface area contributed by atoms with Crippen molar-refractivity contribution in [1.82, 2.24) is 9.21 Å². The van der Waals surface area contributed by atoms with Crippen LogP contribution in [-0.2, 0) is 14.8 Å². The van der Waals surface area contributed by atoms with Crippen molar-refractivity contribution in [2.45, 2.75) is 45.3 Å². The van der Waals surface area contributed by atoms with E-state index in [0.29, 0.717) is 36.8 Å². The highest BCUT2D eigenvalue weighted by Crippen LogP contribution is 2.32. The highest BCUT2D eigenvalue weighted by molar-refractivity contribution is 7.88. The SMILES string of the molecule is Cc1cc(Cl)ccc1OC(C)C(=O)N1CCC[C@@H]2CN(S(C)(=O)=O)CC[C@@H]21. The smallest absolute Gasteiger partial charge is 0.263 e. The molecule has 2 fully saturated rings. The predicted molar refractivity (Wildman–Crippen MR) is 106 cm³/mol. The monoisotopic (exact) mass is 414 g/mol. The van der Waals surface area contributed by atoms with Crippen LogP contribution in [-0.4, -0.2) is 61.6 Å². The van der Waals surface area contributed by atoms with E-state index in [-0.39, 0.29) is 17.9 Å². The van der Waals surface area contributed by atoms with Gasteiger partial charge < -0.3 is 9.64 Å². The lowest BCUT2D eigenvalue weighted by molar-refractivity contribution is -0.144. The summed E-state index contributed by atoms with van der Waals surface area (Å²) in [4.78, 5) is 15.0. The Labute approximate surface area is 166 Å². The lowest BCUT2D eigenvalue weighted by Crippen LogP contribution is -2.58. The molecule has 0 aliphatic carbocycles. The van der Waals surface area contributed by atoms with Crippen molar-refractivity contribution in [3.05, 3.63) is 28.8 Å². The molecule has 3 atom stereocenters. The molecular formula is C19H27ClN2O4S. The van der Waals surface area contributed by atoms with Crippen LogP contribution in [0.4, 0.5) is 0 Å². The lowest BCUT2D eigenvalue weighted by atomic mass is 9.84. The van der Waals surface area contributed by atoms with Crippen molar-refractivity contribution in [1.29, 1.82) is 0 Å². The Morgan fingerprint density at radius 1 is 1.30 bits per heavy atom. The topological polar surface area (TPSA) is 66.9 Å². The summed E-state index contributed by atoms with van der Waals surface area (Å²) in [6, 6.07) is 5.43. The minimum Gasteiger partial charge on any atom is -0.481 e. The Balaban J connectivity index is 1.69.